The SMILES string of the molecule is CCC(O)(CC)c1cc2c(-c3ccc4[nH]nc(N)c4c3)nccc2[nH]1. The van der Waals surface area contributed by atoms with E-state index in [0.29, 0.717) is 18.7 Å². The maximum atomic E-state index is 10.8. The molecule has 4 aromatic rings. The fourth-order valence-corrected chi connectivity index (χ4v) is 3.35. The van der Waals surface area contributed by atoms with Crippen LogP contribution in [0.15, 0.2) is 36.5 Å². The van der Waals surface area contributed by atoms with Crippen molar-refractivity contribution in [3.05, 3.63) is 42.2 Å². The highest BCUT2D eigenvalue weighted by molar-refractivity contribution is 5.98. The van der Waals surface area contributed by atoms with E-state index in [-0.39, 0.29) is 0 Å². The molecule has 0 atom stereocenters. The topological polar surface area (TPSA) is 104 Å². The van der Waals surface area contributed by atoms with Crippen molar-refractivity contribution in [3.8, 4) is 11.3 Å². The van der Waals surface area contributed by atoms with Crippen LogP contribution >= 0.6 is 0 Å². The summed E-state index contributed by atoms with van der Waals surface area (Å²) in [5, 5.41) is 19.7. The zero-order chi connectivity index (χ0) is 17.6. The molecule has 0 saturated carbocycles. The van der Waals surface area contributed by atoms with Gasteiger partial charge in [-0.15, -0.1) is 0 Å². The minimum Gasteiger partial charge on any atom is -0.384 e. The molecule has 0 radical (unpaired) electrons. The van der Waals surface area contributed by atoms with E-state index >= 15 is 0 Å². The molecular formula is C19H21N5O. The molecule has 0 bridgehead atoms. The number of anilines is 1. The van der Waals surface area contributed by atoms with Crippen LogP contribution in [-0.4, -0.2) is 25.3 Å². The average Bonchev–Trinajstić information content (AvgIpc) is 3.25. The van der Waals surface area contributed by atoms with E-state index in [1.165, 1.54) is 0 Å². The van der Waals surface area contributed by atoms with Crippen molar-refractivity contribution < 1.29 is 5.11 Å². The van der Waals surface area contributed by atoms with Gasteiger partial charge in [0, 0.05) is 33.7 Å². The summed E-state index contributed by atoms with van der Waals surface area (Å²) in [7, 11) is 0. The number of nitrogen functional groups attached to an aromatic ring is 1. The van der Waals surface area contributed by atoms with E-state index in [0.717, 1.165) is 38.8 Å². The number of rotatable bonds is 4. The highest BCUT2D eigenvalue weighted by atomic mass is 16.3. The van der Waals surface area contributed by atoms with Gasteiger partial charge in [0.25, 0.3) is 0 Å². The number of benzene rings is 1. The molecule has 0 aliphatic heterocycles. The lowest BCUT2D eigenvalue weighted by Crippen LogP contribution is -2.23. The Bertz CT molecular complexity index is 1060. The molecule has 5 N–H and O–H groups in total. The monoisotopic (exact) mass is 335 g/mol. The third-order valence-corrected chi connectivity index (χ3v) is 5.09. The fraction of sp³-hybridized carbons (Fsp3) is 0.263. The molecule has 0 aliphatic rings. The largest absolute Gasteiger partial charge is 0.384 e. The fourth-order valence-electron chi connectivity index (χ4n) is 3.35. The molecule has 0 saturated heterocycles. The smallest absolute Gasteiger partial charge is 0.153 e. The van der Waals surface area contributed by atoms with Gasteiger partial charge in [0.05, 0.1) is 11.2 Å². The third kappa shape index (κ3) is 2.37. The van der Waals surface area contributed by atoms with E-state index in [2.05, 4.69) is 20.2 Å². The van der Waals surface area contributed by atoms with Gasteiger partial charge >= 0.3 is 0 Å². The van der Waals surface area contributed by atoms with Crippen LogP contribution in [0, 0.1) is 0 Å². The van der Waals surface area contributed by atoms with Crippen molar-refractivity contribution in [1.82, 2.24) is 20.2 Å². The first kappa shape index (κ1) is 15.7. The number of fused-ring (bicyclic) bond motifs is 2. The van der Waals surface area contributed by atoms with E-state index in [1.54, 1.807) is 6.20 Å². The second kappa shape index (κ2) is 5.60. The van der Waals surface area contributed by atoms with Crippen LogP contribution < -0.4 is 5.73 Å². The Hall–Kier alpha value is -2.86. The summed E-state index contributed by atoms with van der Waals surface area (Å²) in [5.41, 5.74) is 9.58. The molecule has 3 aromatic heterocycles. The molecule has 128 valence electrons. The molecule has 6 nitrogen and oxygen atoms in total. The highest BCUT2D eigenvalue weighted by Crippen LogP contribution is 2.34. The molecule has 0 spiro atoms. The van der Waals surface area contributed by atoms with Crippen molar-refractivity contribution >= 4 is 27.6 Å². The van der Waals surface area contributed by atoms with Crippen molar-refractivity contribution in [2.45, 2.75) is 32.3 Å². The minimum absolute atomic E-state index is 0.477. The predicted molar refractivity (Wildman–Crippen MR) is 100 cm³/mol. The number of hydrogen-bond donors (Lipinski definition) is 4. The molecule has 4 rings (SSSR count). The van der Waals surface area contributed by atoms with Crippen molar-refractivity contribution in [2.24, 2.45) is 0 Å². The molecule has 0 unspecified atom stereocenters. The Morgan fingerprint density at radius 1 is 1.08 bits per heavy atom. The van der Waals surface area contributed by atoms with Gasteiger partial charge in [-0.25, -0.2) is 0 Å². The maximum absolute atomic E-state index is 10.8. The van der Waals surface area contributed by atoms with E-state index in [9.17, 15) is 5.11 Å². The Balaban J connectivity index is 1.92. The number of pyridine rings is 1. The van der Waals surface area contributed by atoms with E-state index in [4.69, 9.17) is 5.73 Å². The third-order valence-electron chi connectivity index (χ3n) is 5.09. The van der Waals surface area contributed by atoms with Crippen molar-refractivity contribution in [1.29, 1.82) is 0 Å². The average molecular weight is 335 g/mol. The highest BCUT2D eigenvalue weighted by Gasteiger charge is 2.27. The number of H-pyrrole nitrogens is 2. The zero-order valence-corrected chi connectivity index (χ0v) is 14.3. The first-order valence-corrected chi connectivity index (χ1v) is 8.50. The summed E-state index contributed by atoms with van der Waals surface area (Å²) in [6, 6.07) is 9.89. The van der Waals surface area contributed by atoms with Gasteiger partial charge in [-0.2, -0.15) is 5.10 Å². The normalized spacial score (nSPS) is 12.3. The standard InChI is InChI=1S/C19H21N5O/c1-3-19(25,4-2)16-10-12-14(22-16)7-8-21-17(12)11-5-6-15-13(9-11)18(20)24-23-15/h5-10,22,25H,3-4H2,1-2H3,(H3,20,23,24). The lowest BCUT2D eigenvalue weighted by atomic mass is 9.93. The van der Waals surface area contributed by atoms with Crippen LogP contribution in [0.1, 0.15) is 32.4 Å². The predicted octanol–water partition coefficient (Wildman–Crippen LogP) is 3.70. The molecule has 25 heavy (non-hydrogen) atoms. The lowest BCUT2D eigenvalue weighted by Gasteiger charge is -2.23. The van der Waals surface area contributed by atoms with Crippen LogP contribution in [-0.2, 0) is 5.60 Å². The summed E-state index contributed by atoms with van der Waals surface area (Å²) in [6.07, 6.45) is 3.07. The van der Waals surface area contributed by atoms with Crippen LogP contribution in [0.4, 0.5) is 5.82 Å². The quantitative estimate of drug-likeness (QED) is 0.456. The number of nitrogens with two attached hydrogens (primary N) is 1. The Morgan fingerprint density at radius 2 is 1.88 bits per heavy atom. The second-order valence-corrected chi connectivity index (χ2v) is 6.41. The number of nitrogens with zero attached hydrogens (tertiary/aromatic N) is 2. The van der Waals surface area contributed by atoms with Crippen LogP contribution in [0.3, 0.4) is 0 Å². The van der Waals surface area contributed by atoms with Gasteiger partial charge in [-0.05, 0) is 37.1 Å². The molecule has 1 aromatic carbocycles. The zero-order valence-electron chi connectivity index (χ0n) is 14.3. The van der Waals surface area contributed by atoms with Crippen LogP contribution in [0.2, 0.25) is 0 Å². The summed E-state index contributed by atoms with van der Waals surface area (Å²) in [4.78, 5) is 7.93. The van der Waals surface area contributed by atoms with Crippen molar-refractivity contribution in [2.75, 3.05) is 5.73 Å². The van der Waals surface area contributed by atoms with Gasteiger partial charge in [-0.3, -0.25) is 10.1 Å². The number of aliphatic hydroxyl groups is 1. The Labute approximate surface area is 145 Å². The number of aromatic amines is 2. The molecule has 6 heteroatoms. The maximum Gasteiger partial charge on any atom is 0.153 e. The summed E-state index contributed by atoms with van der Waals surface area (Å²) >= 11 is 0. The number of hydrogen-bond acceptors (Lipinski definition) is 4. The molecule has 0 amide bonds. The second-order valence-electron chi connectivity index (χ2n) is 6.41. The van der Waals surface area contributed by atoms with Gasteiger partial charge in [-0.1, -0.05) is 19.9 Å². The molecular weight excluding hydrogens is 314 g/mol. The lowest BCUT2D eigenvalue weighted by molar-refractivity contribution is 0.0247. The molecule has 0 fully saturated rings. The molecule has 3 heterocycles. The van der Waals surface area contributed by atoms with E-state index in [1.807, 2.05) is 44.2 Å². The van der Waals surface area contributed by atoms with Crippen molar-refractivity contribution in [3.63, 3.8) is 0 Å². The van der Waals surface area contributed by atoms with E-state index < -0.39 is 5.60 Å². The number of nitrogens with one attached hydrogen (secondary N) is 2. The minimum atomic E-state index is -0.852. The number of aromatic nitrogens is 4. The van der Waals surface area contributed by atoms with Crippen LogP contribution in [0.25, 0.3) is 33.1 Å². The summed E-state index contributed by atoms with van der Waals surface area (Å²) < 4.78 is 0. The first-order valence-electron chi connectivity index (χ1n) is 8.50. The van der Waals surface area contributed by atoms with Gasteiger partial charge in [0.15, 0.2) is 5.82 Å². The van der Waals surface area contributed by atoms with Gasteiger partial charge in [0.1, 0.15) is 5.60 Å². The van der Waals surface area contributed by atoms with Gasteiger partial charge in [0.2, 0.25) is 0 Å². The van der Waals surface area contributed by atoms with Crippen LogP contribution in [0.5, 0.6) is 0 Å². The summed E-state index contributed by atoms with van der Waals surface area (Å²) in [6.45, 7) is 3.98. The Kier molecular flexibility index (Phi) is 3.51. The Morgan fingerprint density at radius 3 is 2.64 bits per heavy atom. The molecule has 0 aliphatic carbocycles. The van der Waals surface area contributed by atoms with Gasteiger partial charge < -0.3 is 15.8 Å². The first-order chi connectivity index (χ1) is 12.1. The summed E-state index contributed by atoms with van der Waals surface area (Å²) in [5.74, 6) is 0.477.